The lowest BCUT2D eigenvalue weighted by molar-refractivity contribution is -0.118. The van der Waals surface area contributed by atoms with E-state index in [1.165, 1.54) is 6.20 Å². The minimum absolute atomic E-state index is 0.00108. The van der Waals surface area contributed by atoms with E-state index in [1.807, 2.05) is 12.1 Å². The zero-order valence-corrected chi connectivity index (χ0v) is 19.8. The summed E-state index contributed by atoms with van der Waals surface area (Å²) in [5.41, 5.74) is 2.54. The fourth-order valence-electron chi connectivity index (χ4n) is 3.98. The van der Waals surface area contributed by atoms with Crippen LogP contribution in [0.5, 0.6) is 0 Å². The van der Waals surface area contributed by atoms with Gasteiger partial charge in [-0.15, -0.1) is 0 Å². The van der Waals surface area contributed by atoms with Crippen molar-refractivity contribution in [2.45, 2.75) is 6.54 Å². The van der Waals surface area contributed by atoms with Gasteiger partial charge < -0.3 is 25.4 Å². The molecule has 4 aromatic rings. The fraction of sp³-hybridized carbons (Fsp3) is 0.160. The van der Waals surface area contributed by atoms with Crippen LogP contribution in [-0.4, -0.2) is 51.9 Å². The van der Waals surface area contributed by atoms with E-state index in [4.69, 9.17) is 11.6 Å². The highest BCUT2D eigenvalue weighted by atomic mass is 35.5. The van der Waals surface area contributed by atoms with Gasteiger partial charge in [-0.1, -0.05) is 23.7 Å². The van der Waals surface area contributed by atoms with Crippen molar-refractivity contribution in [3.05, 3.63) is 77.7 Å². The SMILES string of the molecule is O=C(Cn1c(C(=O)Nc2ccc(N3CCNCC3=O)cc2)nc2ccccc21)Nc1ccc(Cl)cn1. The summed E-state index contributed by atoms with van der Waals surface area (Å²) < 4.78 is 1.56. The number of hydrogen-bond donors (Lipinski definition) is 3. The summed E-state index contributed by atoms with van der Waals surface area (Å²) in [6.45, 7) is 1.47. The van der Waals surface area contributed by atoms with E-state index in [0.29, 0.717) is 40.7 Å². The molecule has 1 aliphatic rings. The summed E-state index contributed by atoms with van der Waals surface area (Å²) in [4.78, 5) is 48.3. The first-order chi connectivity index (χ1) is 17.5. The number of piperazine rings is 1. The number of rotatable bonds is 6. The summed E-state index contributed by atoms with van der Waals surface area (Å²) >= 11 is 5.85. The zero-order valence-electron chi connectivity index (χ0n) is 19.1. The van der Waals surface area contributed by atoms with E-state index in [0.717, 1.165) is 12.2 Å². The molecule has 3 amide bonds. The first-order valence-electron chi connectivity index (χ1n) is 11.3. The van der Waals surface area contributed by atoms with Gasteiger partial charge in [-0.05, 0) is 48.5 Å². The lowest BCUT2D eigenvalue weighted by Gasteiger charge is -2.27. The molecule has 0 atom stereocenters. The van der Waals surface area contributed by atoms with Crippen LogP contribution in [0.3, 0.4) is 0 Å². The van der Waals surface area contributed by atoms with Crippen LogP contribution in [0.25, 0.3) is 11.0 Å². The highest BCUT2D eigenvalue weighted by molar-refractivity contribution is 6.30. The van der Waals surface area contributed by atoms with Crippen LogP contribution in [0.1, 0.15) is 10.6 Å². The van der Waals surface area contributed by atoms with Crippen molar-refractivity contribution in [3.63, 3.8) is 0 Å². The molecule has 0 aliphatic carbocycles. The molecule has 10 nitrogen and oxygen atoms in total. The summed E-state index contributed by atoms with van der Waals surface area (Å²) in [6.07, 6.45) is 1.44. The molecule has 1 saturated heterocycles. The number of para-hydroxylation sites is 2. The van der Waals surface area contributed by atoms with Crippen LogP contribution < -0.4 is 20.9 Å². The number of imidazole rings is 1. The Labute approximate surface area is 211 Å². The number of fused-ring (bicyclic) bond motifs is 1. The highest BCUT2D eigenvalue weighted by Crippen LogP contribution is 2.21. The maximum Gasteiger partial charge on any atom is 0.291 e. The van der Waals surface area contributed by atoms with Gasteiger partial charge in [0.2, 0.25) is 17.6 Å². The minimum Gasteiger partial charge on any atom is -0.319 e. The standard InChI is InChI=1S/C25H22ClN7O3/c26-16-5-10-21(28-13-16)31-22(34)15-33-20-4-2-1-3-19(20)30-24(33)25(36)29-17-6-8-18(9-7-17)32-12-11-27-14-23(32)35/h1-10,13,27H,11-12,14-15H2,(H,29,36)(H,28,31,34). The van der Waals surface area contributed by atoms with Gasteiger partial charge in [0.05, 0.1) is 22.6 Å². The van der Waals surface area contributed by atoms with E-state index in [9.17, 15) is 14.4 Å². The van der Waals surface area contributed by atoms with E-state index < -0.39 is 5.91 Å². The molecule has 0 bridgehead atoms. The van der Waals surface area contributed by atoms with Gasteiger partial charge in [0, 0.05) is 30.7 Å². The second-order valence-electron chi connectivity index (χ2n) is 8.14. The molecule has 3 N–H and O–H groups in total. The van der Waals surface area contributed by atoms with Crippen molar-refractivity contribution < 1.29 is 14.4 Å². The molecule has 5 rings (SSSR count). The Morgan fingerprint density at radius 1 is 1.03 bits per heavy atom. The normalized spacial score (nSPS) is 13.6. The molecular weight excluding hydrogens is 482 g/mol. The van der Waals surface area contributed by atoms with Gasteiger partial charge in [-0.25, -0.2) is 9.97 Å². The zero-order chi connectivity index (χ0) is 25.1. The largest absolute Gasteiger partial charge is 0.319 e. The second-order valence-corrected chi connectivity index (χ2v) is 8.58. The Morgan fingerprint density at radius 2 is 1.83 bits per heavy atom. The lowest BCUT2D eigenvalue weighted by Crippen LogP contribution is -2.48. The Kier molecular flexibility index (Phi) is 6.61. The summed E-state index contributed by atoms with van der Waals surface area (Å²) in [5.74, 6) is -0.389. The number of carbonyl (C=O) groups is 3. The summed E-state index contributed by atoms with van der Waals surface area (Å²) in [5, 5.41) is 9.04. The molecule has 0 radical (unpaired) electrons. The molecule has 2 aromatic heterocycles. The fourth-order valence-corrected chi connectivity index (χ4v) is 4.09. The van der Waals surface area contributed by atoms with E-state index in [2.05, 4.69) is 25.9 Å². The van der Waals surface area contributed by atoms with Gasteiger partial charge in [-0.3, -0.25) is 14.4 Å². The number of halogens is 1. The van der Waals surface area contributed by atoms with Gasteiger partial charge in [0.1, 0.15) is 12.4 Å². The van der Waals surface area contributed by atoms with E-state index >= 15 is 0 Å². The molecule has 11 heteroatoms. The van der Waals surface area contributed by atoms with Crippen molar-refractivity contribution >= 4 is 57.5 Å². The smallest absolute Gasteiger partial charge is 0.291 e. The third-order valence-electron chi connectivity index (χ3n) is 5.68. The van der Waals surface area contributed by atoms with Crippen LogP contribution in [-0.2, 0) is 16.1 Å². The molecule has 3 heterocycles. The number of nitrogens with zero attached hydrogens (tertiary/aromatic N) is 4. The molecule has 0 saturated carbocycles. The van der Waals surface area contributed by atoms with Gasteiger partial charge >= 0.3 is 0 Å². The molecule has 1 fully saturated rings. The first-order valence-corrected chi connectivity index (χ1v) is 11.6. The number of aromatic nitrogens is 3. The number of benzene rings is 2. The van der Waals surface area contributed by atoms with Gasteiger partial charge in [-0.2, -0.15) is 0 Å². The number of nitrogens with one attached hydrogen (secondary N) is 3. The van der Waals surface area contributed by atoms with Crippen LogP contribution in [0.2, 0.25) is 5.02 Å². The average Bonchev–Trinajstić information content (AvgIpc) is 3.25. The van der Waals surface area contributed by atoms with E-state index in [-0.39, 0.29) is 24.2 Å². The molecule has 36 heavy (non-hydrogen) atoms. The summed E-state index contributed by atoms with van der Waals surface area (Å²) in [6, 6.07) is 17.5. The van der Waals surface area contributed by atoms with Crippen molar-refractivity contribution in [1.29, 1.82) is 0 Å². The quantitative estimate of drug-likeness (QED) is 0.372. The number of amides is 3. The van der Waals surface area contributed by atoms with Crippen LogP contribution >= 0.6 is 11.6 Å². The molecule has 0 spiro atoms. The third-order valence-corrected chi connectivity index (χ3v) is 5.90. The van der Waals surface area contributed by atoms with Crippen molar-refractivity contribution in [2.75, 3.05) is 35.2 Å². The van der Waals surface area contributed by atoms with Gasteiger partial charge in [0.15, 0.2) is 0 Å². The Hall–Kier alpha value is -4.28. The van der Waals surface area contributed by atoms with Crippen LogP contribution in [0, 0.1) is 0 Å². The third kappa shape index (κ3) is 5.04. The molecule has 182 valence electrons. The van der Waals surface area contributed by atoms with Crippen LogP contribution in [0.15, 0.2) is 66.9 Å². The highest BCUT2D eigenvalue weighted by Gasteiger charge is 2.21. The van der Waals surface area contributed by atoms with Crippen molar-refractivity contribution in [2.24, 2.45) is 0 Å². The molecule has 0 unspecified atom stereocenters. The van der Waals surface area contributed by atoms with E-state index in [1.54, 1.807) is 58.0 Å². The van der Waals surface area contributed by atoms with Crippen LogP contribution in [0.4, 0.5) is 17.2 Å². The van der Waals surface area contributed by atoms with Crippen molar-refractivity contribution in [3.8, 4) is 0 Å². The van der Waals surface area contributed by atoms with Crippen molar-refractivity contribution in [1.82, 2.24) is 19.9 Å². The number of carbonyl (C=O) groups excluding carboxylic acids is 3. The predicted molar refractivity (Wildman–Crippen MR) is 137 cm³/mol. The Bertz CT molecular complexity index is 1430. The number of pyridine rings is 1. The topological polar surface area (TPSA) is 121 Å². The average molecular weight is 504 g/mol. The Morgan fingerprint density at radius 3 is 2.58 bits per heavy atom. The monoisotopic (exact) mass is 503 g/mol. The van der Waals surface area contributed by atoms with Gasteiger partial charge in [0.25, 0.3) is 5.91 Å². The molecular formula is C25H22ClN7O3. The minimum atomic E-state index is -0.463. The number of hydrogen-bond acceptors (Lipinski definition) is 6. The molecule has 2 aromatic carbocycles. The Balaban J connectivity index is 1.35. The lowest BCUT2D eigenvalue weighted by atomic mass is 10.2. The maximum absolute atomic E-state index is 13.2. The first kappa shape index (κ1) is 23.5. The molecule has 1 aliphatic heterocycles. The number of anilines is 3. The summed E-state index contributed by atoms with van der Waals surface area (Å²) in [7, 11) is 0. The second kappa shape index (κ2) is 10.1. The predicted octanol–water partition coefficient (Wildman–Crippen LogP) is 2.91. The maximum atomic E-state index is 13.2.